The van der Waals surface area contributed by atoms with E-state index in [4.69, 9.17) is 4.74 Å². The highest BCUT2D eigenvalue weighted by Gasteiger charge is 2.41. The topological polar surface area (TPSA) is 88.1 Å². The minimum absolute atomic E-state index is 0.0368. The van der Waals surface area contributed by atoms with Gasteiger partial charge in [-0.15, -0.1) is 0 Å². The van der Waals surface area contributed by atoms with E-state index in [-0.39, 0.29) is 6.10 Å². The molecule has 2 aliphatic heterocycles. The van der Waals surface area contributed by atoms with Gasteiger partial charge in [0.2, 0.25) is 5.91 Å². The number of nitrogens with zero attached hydrogens (tertiary/aromatic N) is 2. The number of urea groups is 1. The summed E-state index contributed by atoms with van der Waals surface area (Å²) in [5, 5.41) is 2.24. The fourth-order valence-electron chi connectivity index (χ4n) is 3.00. The van der Waals surface area contributed by atoms with Gasteiger partial charge in [0.15, 0.2) is 5.92 Å². The Kier molecular flexibility index (Phi) is 4.94. The van der Waals surface area contributed by atoms with Crippen LogP contribution in [0.15, 0.2) is 23.2 Å². The molecule has 0 radical (unpaired) electrons. The number of imide groups is 2. The maximum atomic E-state index is 12.8. The monoisotopic (exact) mass is 343 g/mol. The molecule has 7 nitrogen and oxygen atoms in total. The molecule has 7 heteroatoms. The molecular weight excluding hydrogens is 322 g/mol. The smallest absolute Gasteiger partial charge is 0.335 e. The standard InChI is InChI=1S/C18H21N3O4/c1-11-5-3-7-15(12(11)2)21-17(23)14(16(22)20-18(21)24)10-19-9-13-6-4-8-25-13/h3,5,7,10,13-14H,4,6,8-9H2,1-2H3,(H,20,22,24)/t13-,14+/m1/s1. The average Bonchev–Trinajstić information content (AvgIpc) is 3.07. The summed E-state index contributed by atoms with van der Waals surface area (Å²) in [6, 6.07) is 4.63. The van der Waals surface area contributed by atoms with E-state index in [1.807, 2.05) is 19.9 Å². The molecule has 2 fully saturated rings. The van der Waals surface area contributed by atoms with Crippen molar-refractivity contribution < 1.29 is 19.1 Å². The molecule has 3 rings (SSSR count). The quantitative estimate of drug-likeness (QED) is 0.666. The first-order chi connectivity index (χ1) is 12.0. The Morgan fingerprint density at radius 2 is 2.12 bits per heavy atom. The molecule has 4 amide bonds. The number of rotatable bonds is 4. The number of barbiturate groups is 1. The number of anilines is 1. The molecule has 132 valence electrons. The van der Waals surface area contributed by atoms with Gasteiger partial charge in [-0.3, -0.25) is 19.9 Å². The zero-order valence-electron chi connectivity index (χ0n) is 14.3. The third-order valence-corrected chi connectivity index (χ3v) is 4.61. The second kappa shape index (κ2) is 7.14. The lowest BCUT2D eigenvalue weighted by atomic mass is 10.0. The minimum Gasteiger partial charge on any atom is -0.376 e. The molecule has 0 aliphatic carbocycles. The molecule has 2 atom stereocenters. The largest absolute Gasteiger partial charge is 0.376 e. The Morgan fingerprint density at radius 3 is 2.84 bits per heavy atom. The van der Waals surface area contributed by atoms with E-state index in [0.29, 0.717) is 12.2 Å². The molecular formula is C18H21N3O4. The van der Waals surface area contributed by atoms with E-state index >= 15 is 0 Å². The van der Waals surface area contributed by atoms with E-state index in [0.717, 1.165) is 35.5 Å². The zero-order chi connectivity index (χ0) is 18.0. The Hall–Kier alpha value is -2.54. The highest BCUT2D eigenvalue weighted by molar-refractivity contribution is 6.32. The summed E-state index contributed by atoms with van der Waals surface area (Å²) in [4.78, 5) is 42.3. The molecule has 1 N–H and O–H groups in total. The van der Waals surface area contributed by atoms with Crippen molar-refractivity contribution in [2.75, 3.05) is 18.1 Å². The van der Waals surface area contributed by atoms with E-state index in [1.165, 1.54) is 6.21 Å². The van der Waals surface area contributed by atoms with Crippen LogP contribution >= 0.6 is 0 Å². The van der Waals surface area contributed by atoms with Crippen LogP contribution in [0.2, 0.25) is 0 Å². The van der Waals surface area contributed by atoms with E-state index in [1.54, 1.807) is 12.1 Å². The van der Waals surface area contributed by atoms with Gasteiger partial charge in [-0.25, -0.2) is 9.69 Å². The molecule has 2 saturated heterocycles. The Morgan fingerprint density at radius 1 is 1.32 bits per heavy atom. The number of carbonyl (C=O) groups is 3. The van der Waals surface area contributed by atoms with Crippen molar-refractivity contribution in [2.45, 2.75) is 32.8 Å². The van der Waals surface area contributed by atoms with Gasteiger partial charge >= 0.3 is 6.03 Å². The second-order valence-electron chi connectivity index (χ2n) is 6.31. The first-order valence-electron chi connectivity index (χ1n) is 8.35. The number of amides is 4. The first kappa shape index (κ1) is 17.3. The van der Waals surface area contributed by atoms with Crippen molar-refractivity contribution in [1.82, 2.24) is 5.32 Å². The predicted molar refractivity (Wildman–Crippen MR) is 92.8 cm³/mol. The summed E-state index contributed by atoms with van der Waals surface area (Å²) in [5.41, 5.74) is 2.25. The summed E-state index contributed by atoms with van der Waals surface area (Å²) >= 11 is 0. The maximum Gasteiger partial charge on any atom is 0.335 e. The van der Waals surface area contributed by atoms with Gasteiger partial charge in [0.05, 0.1) is 18.3 Å². The Labute approximate surface area is 146 Å². The zero-order valence-corrected chi connectivity index (χ0v) is 14.3. The molecule has 0 saturated carbocycles. The van der Waals surface area contributed by atoms with Gasteiger partial charge in [0, 0.05) is 12.8 Å². The molecule has 0 bridgehead atoms. The number of carbonyl (C=O) groups excluding carboxylic acids is 3. The van der Waals surface area contributed by atoms with Crippen LogP contribution in [0.4, 0.5) is 10.5 Å². The number of ether oxygens (including phenoxy) is 1. The van der Waals surface area contributed by atoms with Crippen LogP contribution in [0.25, 0.3) is 0 Å². The Bertz CT molecular complexity index is 738. The third kappa shape index (κ3) is 3.46. The fourth-order valence-corrected chi connectivity index (χ4v) is 3.00. The Balaban J connectivity index is 1.81. The van der Waals surface area contributed by atoms with Crippen molar-refractivity contribution in [2.24, 2.45) is 10.9 Å². The number of hydrogen-bond acceptors (Lipinski definition) is 5. The highest BCUT2D eigenvalue weighted by atomic mass is 16.5. The van der Waals surface area contributed by atoms with Crippen LogP contribution in [0.3, 0.4) is 0 Å². The van der Waals surface area contributed by atoms with Gasteiger partial charge in [-0.1, -0.05) is 12.1 Å². The molecule has 0 aromatic heterocycles. The van der Waals surface area contributed by atoms with Crippen molar-refractivity contribution in [3.8, 4) is 0 Å². The van der Waals surface area contributed by atoms with Crippen molar-refractivity contribution >= 4 is 29.7 Å². The number of hydrogen-bond donors (Lipinski definition) is 1. The minimum atomic E-state index is -1.11. The van der Waals surface area contributed by atoms with Crippen LogP contribution in [-0.4, -0.2) is 43.3 Å². The molecule has 2 heterocycles. The molecule has 25 heavy (non-hydrogen) atoms. The average molecular weight is 343 g/mol. The summed E-state index contributed by atoms with van der Waals surface area (Å²) in [6.07, 6.45) is 3.28. The number of aryl methyl sites for hydroxylation is 1. The summed E-state index contributed by atoms with van der Waals surface area (Å²) in [5.74, 6) is -2.34. The van der Waals surface area contributed by atoms with E-state index in [9.17, 15) is 14.4 Å². The SMILES string of the molecule is Cc1cccc(N2C(=O)NC(=O)[C@H](C=NC[C@H]3CCCO3)C2=O)c1C. The van der Waals surface area contributed by atoms with Gasteiger partial charge in [0.1, 0.15) is 0 Å². The van der Waals surface area contributed by atoms with Crippen molar-refractivity contribution in [1.29, 1.82) is 0 Å². The molecule has 0 spiro atoms. The predicted octanol–water partition coefficient (Wildman–Crippen LogP) is 1.75. The lowest BCUT2D eigenvalue weighted by molar-refractivity contribution is -0.131. The molecule has 1 aromatic carbocycles. The summed E-state index contributed by atoms with van der Waals surface area (Å²) < 4.78 is 5.47. The van der Waals surface area contributed by atoms with E-state index < -0.39 is 23.8 Å². The van der Waals surface area contributed by atoms with Crippen LogP contribution in [0.1, 0.15) is 24.0 Å². The van der Waals surface area contributed by atoms with Crippen LogP contribution in [0, 0.1) is 19.8 Å². The van der Waals surface area contributed by atoms with Crippen molar-refractivity contribution in [3.05, 3.63) is 29.3 Å². The summed E-state index contributed by atoms with van der Waals surface area (Å²) in [6.45, 7) is 4.87. The van der Waals surface area contributed by atoms with Gasteiger partial charge in [0.25, 0.3) is 5.91 Å². The van der Waals surface area contributed by atoms with Gasteiger partial charge < -0.3 is 4.74 Å². The molecule has 0 unspecified atom stereocenters. The third-order valence-electron chi connectivity index (χ3n) is 4.61. The summed E-state index contributed by atoms with van der Waals surface area (Å²) in [7, 11) is 0. The number of benzene rings is 1. The number of aliphatic imine (C=N–C) groups is 1. The fraction of sp³-hybridized carbons (Fsp3) is 0.444. The first-order valence-corrected chi connectivity index (χ1v) is 8.35. The van der Waals surface area contributed by atoms with Crippen LogP contribution in [-0.2, 0) is 14.3 Å². The van der Waals surface area contributed by atoms with Crippen LogP contribution in [0.5, 0.6) is 0 Å². The lowest BCUT2D eigenvalue weighted by Gasteiger charge is -2.29. The van der Waals surface area contributed by atoms with E-state index in [2.05, 4.69) is 10.3 Å². The molecule has 2 aliphatic rings. The molecule has 1 aromatic rings. The van der Waals surface area contributed by atoms with Gasteiger partial charge in [-0.2, -0.15) is 0 Å². The second-order valence-corrected chi connectivity index (χ2v) is 6.31. The lowest BCUT2D eigenvalue weighted by Crippen LogP contribution is -2.58. The normalized spacial score (nSPS) is 24.2. The van der Waals surface area contributed by atoms with Crippen LogP contribution < -0.4 is 10.2 Å². The highest BCUT2D eigenvalue weighted by Crippen LogP contribution is 2.26. The number of nitrogens with one attached hydrogen (secondary N) is 1. The van der Waals surface area contributed by atoms with Gasteiger partial charge in [-0.05, 0) is 43.9 Å². The maximum absolute atomic E-state index is 12.8. The van der Waals surface area contributed by atoms with Crippen molar-refractivity contribution in [3.63, 3.8) is 0 Å².